The van der Waals surface area contributed by atoms with E-state index in [2.05, 4.69) is 4.72 Å². The molecular formula is C12H17NO6S. The maximum absolute atomic E-state index is 11.8. The summed E-state index contributed by atoms with van der Waals surface area (Å²) in [6, 6.07) is 5.67. The van der Waals surface area contributed by atoms with Crippen LogP contribution in [-0.2, 0) is 14.8 Å². The van der Waals surface area contributed by atoms with Gasteiger partial charge in [0.2, 0.25) is 10.0 Å². The fourth-order valence-corrected chi connectivity index (χ4v) is 2.41. The quantitative estimate of drug-likeness (QED) is 0.562. The molecule has 0 heterocycles. The third kappa shape index (κ3) is 5.55. The Bertz CT molecular complexity index is 525. The first-order valence-corrected chi connectivity index (χ1v) is 7.49. The lowest BCUT2D eigenvalue weighted by Gasteiger charge is -2.08. The van der Waals surface area contributed by atoms with Gasteiger partial charge < -0.3 is 14.9 Å². The standard InChI is InChI=1S/C12H17NO6S/c14-8-1-7-13-20(17,18)11-4-2-10(3-5-11)19-9-6-12(15)16/h2-5,13-14H,1,6-9H2,(H,15,16). The van der Waals surface area contributed by atoms with Crippen LogP contribution >= 0.6 is 0 Å². The minimum absolute atomic E-state index is 0.0240. The minimum Gasteiger partial charge on any atom is -0.493 e. The van der Waals surface area contributed by atoms with E-state index >= 15 is 0 Å². The Hall–Kier alpha value is -1.64. The number of rotatable bonds is 9. The van der Waals surface area contributed by atoms with E-state index in [1.54, 1.807) is 0 Å². The fourth-order valence-electron chi connectivity index (χ4n) is 1.34. The van der Waals surface area contributed by atoms with E-state index in [1.165, 1.54) is 24.3 Å². The predicted octanol–water partition coefficient (Wildman–Crippen LogP) is 0.201. The number of aliphatic carboxylic acids is 1. The Morgan fingerprint density at radius 3 is 2.45 bits per heavy atom. The molecule has 0 spiro atoms. The van der Waals surface area contributed by atoms with Crippen molar-refractivity contribution in [2.24, 2.45) is 0 Å². The number of sulfonamides is 1. The van der Waals surface area contributed by atoms with Crippen LogP contribution in [0.3, 0.4) is 0 Å². The normalized spacial score (nSPS) is 11.2. The monoisotopic (exact) mass is 303 g/mol. The number of carbonyl (C=O) groups is 1. The Morgan fingerprint density at radius 1 is 1.25 bits per heavy atom. The molecule has 1 rings (SSSR count). The third-order valence-electron chi connectivity index (χ3n) is 2.35. The van der Waals surface area contributed by atoms with Gasteiger partial charge in [-0.05, 0) is 30.7 Å². The van der Waals surface area contributed by atoms with Gasteiger partial charge in [-0.2, -0.15) is 0 Å². The van der Waals surface area contributed by atoms with Gasteiger partial charge in [0.05, 0.1) is 17.9 Å². The van der Waals surface area contributed by atoms with Crippen molar-refractivity contribution in [3.8, 4) is 5.75 Å². The van der Waals surface area contributed by atoms with E-state index in [1.807, 2.05) is 0 Å². The van der Waals surface area contributed by atoms with Gasteiger partial charge in [-0.3, -0.25) is 4.79 Å². The number of carboxylic acids is 1. The van der Waals surface area contributed by atoms with Crippen molar-refractivity contribution >= 4 is 16.0 Å². The average Bonchev–Trinajstić information content (AvgIpc) is 2.39. The zero-order valence-corrected chi connectivity index (χ0v) is 11.6. The van der Waals surface area contributed by atoms with Crippen LogP contribution in [0.2, 0.25) is 0 Å². The highest BCUT2D eigenvalue weighted by atomic mass is 32.2. The van der Waals surface area contributed by atoms with Gasteiger partial charge in [0.1, 0.15) is 5.75 Å². The average molecular weight is 303 g/mol. The van der Waals surface area contributed by atoms with E-state index in [-0.39, 0.29) is 31.1 Å². The lowest BCUT2D eigenvalue weighted by Crippen LogP contribution is -2.25. The van der Waals surface area contributed by atoms with Crippen LogP contribution in [-0.4, -0.2) is 44.4 Å². The smallest absolute Gasteiger partial charge is 0.306 e. The molecule has 1 aromatic rings. The molecule has 7 nitrogen and oxygen atoms in total. The lowest BCUT2D eigenvalue weighted by molar-refractivity contribution is -0.137. The Morgan fingerprint density at radius 2 is 1.90 bits per heavy atom. The van der Waals surface area contributed by atoms with E-state index in [4.69, 9.17) is 14.9 Å². The summed E-state index contributed by atoms with van der Waals surface area (Å²) in [6.45, 7) is 0.102. The van der Waals surface area contributed by atoms with Crippen LogP contribution in [0.4, 0.5) is 0 Å². The van der Waals surface area contributed by atoms with E-state index in [9.17, 15) is 13.2 Å². The molecule has 3 N–H and O–H groups in total. The molecule has 8 heteroatoms. The van der Waals surface area contributed by atoms with Crippen LogP contribution in [0.1, 0.15) is 12.8 Å². The summed E-state index contributed by atoms with van der Waals surface area (Å²) in [4.78, 5) is 10.4. The van der Waals surface area contributed by atoms with E-state index < -0.39 is 16.0 Å². The van der Waals surface area contributed by atoms with Crippen molar-refractivity contribution in [3.05, 3.63) is 24.3 Å². The number of aliphatic hydroxyl groups is 1. The van der Waals surface area contributed by atoms with E-state index in [0.29, 0.717) is 12.2 Å². The summed E-state index contributed by atoms with van der Waals surface area (Å²) in [5.74, 6) is -0.558. The molecule has 0 radical (unpaired) electrons. The predicted molar refractivity (Wildman–Crippen MR) is 71.1 cm³/mol. The molecule has 0 saturated carbocycles. The summed E-state index contributed by atoms with van der Waals surface area (Å²) < 4.78 is 31.1. The first-order valence-electron chi connectivity index (χ1n) is 6.01. The molecule has 0 aliphatic heterocycles. The molecule has 0 fully saturated rings. The zero-order valence-electron chi connectivity index (χ0n) is 10.8. The molecule has 0 saturated heterocycles. The van der Waals surface area contributed by atoms with Crippen LogP contribution in [0.25, 0.3) is 0 Å². The van der Waals surface area contributed by atoms with Crippen LogP contribution in [0.5, 0.6) is 5.75 Å². The van der Waals surface area contributed by atoms with Crippen molar-refractivity contribution < 1.29 is 28.2 Å². The summed E-state index contributed by atoms with van der Waals surface area (Å²) in [5, 5.41) is 17.1. The number of hydrogen-bond acceptors (Lipinski definition) is 5. The van der Waals surface area contributed by atoms with Gasteiger partial charge in [-0.25, -0.2) is 13.1 Å². The first-order chi connectivity index (χ1) is 9.45. The molecule has 0 aromatic heterocycles. The second kappa shape index (κ2) is 7.83. The van der Waals surface area contributed by atoms with Gasteiger partial charge in [-0.15, -0.1) is 0 Å². The lowest BCUT2D eigenvalue weighted by atomic mass is 10.3. The summed E-state index contributed by atoms with van der Waals surface area (Å²) >= 11 is 0. The SMILES string of the molecule is O=C(O)CCOc1ccc(S(=O)(=O)NCCCO)cc1. The maximum Gasteiger partial charge on any atom is 0.306 e. The molecule has 20 heavy (non-hydrogen) atoms. The van der Waals surface area contributed by atoms with Crippen LogP contribution < -0.4 is 9.46 Å². The second-order valence-electron chi connectivity index (χ2n) is 3.94. The molecule has 1 aromatic carbocycles. The number of hydrogen-bond donors (Lipinski definition) is 3. The Labute approximate surface area is 117 Å². The highest BCUT2D eigenvalue weighted by Gasteiger charge is 2.12. The van der Waals surface area contributed by atoms with Crippen molar-refractivity contribution in [1.82, 2.24) is 4.72 Å². The van der Waals surface area contributed by atoms with Crippen molar-refractivity contribution in [3.63, 3.8) is 0 Å². The topological polar surface area (TPSA) is 113 Å². The number of carboxylic acid groups (broad SMARTS) is 1. The van der Waals surface area contributed by atoms with Crippen LogP contribution in [0, 0.1) is 0 Å². The molecule has 0 amide bonds. The van der Waals surface area contributed by atoms with Crippen LogP contribution in [0.15, 0.2) is 29.2 Å². The molecule has 0 aliphatic carbocycles. The molecule has 0 atom stereocenters. The number of benzene rings is 1. The summed E-state index contributed by atoms with van der Waals surface area (Å²) in [7, 11) is -3.59. The second-order valence-corrected chi connectivity index (χ2v) is 5.71. The number of nitrogens with one attached hydrogen (secondary N) is 1. The number of aliphatic hydroxyl groups excluding tert-OH is 1. The molecule has 0 unspecified atom stereocenters. The fraction of sp³-hybridized carbons (Fsp3) is 0.417. The molecule has 0 bridgehead atoms. The van der Waals surface area contributed by atoms with Crippen molar-refractivity contribution in [2.75, 3.05) is 19.8 Å². The van der Waals surface area contributed by atoms with Gasteiger partial charge in [0.15, 0.2) is 0 Å². The third-order valence-corrected chi connectivity index (χ3v) is 3.82. The largest absolute Gasteiger partial charge is 0.493 e. The van der Waals surface area contributed by atoms with E-state index in [0.717, 1.165) is 0 Å². The Kier molecular flexibility index (Phi) is 6.43. The van der Waals surface area contributed by atoms with Gasteiger partial charge >= 0.3 is 5.97 Å². The van der Waals surface area contributed by atoms with Crippen molar-refractivity contribution in [1.29, 1.82) is 0 Å². The minimum atomic E-state index is -3.59. The molecule has 0 aliphatic rings. The first kappa shape index (κ1) is 16.4. The Balaban J connectivity index is 2.59. The van der Waals surface area contributed by atoms with Gasteiger partial charge in [0, 0.05) is 13.2 Å². The highest BCUT2D eigenvalue weighted by molar-refractivity contribution is 7.89. The maximum atomic E-state index is 11.8. The van der Waals surface area contributed by atoms with Gasteiger partial charge in [0.25, 0.3) is 0 Å². The molecular weight excluding hydrogens is 286 g/mol. The molecule has 112 valence electrons. The zero-order chi connectivity index (χ0) is 15.0. The summed E-state index contributed by atoms with van der Waals surface area (Å²) in [6.07, 6.45) is 0.221. The van der Waals surface area contributed by atoms with Gasteiger partial charge in [-0.1, -0.05) is 0 Å². The highest BCUT2D eigenvalue weighted by Crippen LogP contribution is 2.16. The van der Waals surface area contributed by atoms with Crippen molar-refractivity contribution in [2.45, 2.75) is 17.7 Å². The number of ether oxygens (including phenoxy) is 1. The summed E-state index contributed by atoms with van der Waals surface area (Å²) in [5.41, 5.74) is 0.